The molecule has 2 nitrogen and oxygen atoms in total. The van der Waals surface area contributed by atoms with Crippen molar-refractivity contribution in [3.05, 3.63) is 28.2 Å². The molecule has 0 radical (unpaired) electrons. The minimum Gasteiger partial charge on any atom is -0.325 e. The summed E-state index contributed by atoms with van der Waals surface area (Å²) in [4.78, 5) is 11.7. The number of hydrogen-bond acceptors (Lipinski definition) is 1. The van der Waals surface area contributed by atoms with E-state index in [-0.39, 0.29) is 11.3 Å². The van der Waals surface area contributed by atoms with Gasteiger partial charge in [-0.15, -0.1) is 0 Å². The van der Waals surface area contributed by atoms with Crippen LogP contribution < -0.4 is 5.32 Å². The second-order valence-electron chi connectivity index (χ2n) is 4.21. The van der Waals surface area contributed by atoms with Crippen LogP contribution in [-0.2, 0) is 11.2 Å². The summed E-state index contributed by atoms with van der Waals surface area (Å²) in [6.07, 6.45) is 3.00. The number of amides is 1. The Morgan fingerprint density at radius 3 is 2.86 bits per heavy atom. The van der Waals surface area contributed by atoms with Gasteiger partial charge in [0, 0.05) is 10.2 Å². The highest BCUT2D eigenvalue weighted by atomic mass is 79.9. The molecule has 1 amide bonds. The summed E-state index contributed by atoms with van der Waals surface area (Å²) in [5.74, 6) is 0.215. The number of benzene rings is 1. The fourth-order valence-corrected chi connectivity index (χ4v) is 2.49. The SMILES string of the molecule is O=C1Nc2ccc(Br)cc2CC12CC2. The summed E-state index contributed by atoms with van der Waals surface area (Å²) >= 11 is 3.45. The van der Waals surface area contributed by atoms with Gasteiger partial charge >= 0.3 is 0 Å². The number of carbonyl (C=O) groups is 1. The normalized spacial score (nSPS) is 21.6. The topological polar surface area (TPSA) is 29.1 Å². The van der Waals surface area contributed by atoms with E-state index in [4.69, 9.17) is 0 Å². The Hall–Kier alpha value is -0.830. The molecule has 1 aromatic carbocycles. The van der Waals surface area contributed by atoms with Gasteiger partial charge in [-0.1, -0.05) is 15.9 Å². The molecule has 72 valence electrons. The van der Waals surface area contributed by atoms with E-state index in [1.807, 2.05) is 12.1 Å². The number of fused-ring (bicyclic) bond motifs is 1. The van der Waals surface area contributed by atoms with Crippen LogP contribution in [0.2, 0.25) is 0 Å². The molecule has 0 bridgehead atoms. The second kappa shape index (κ2) is 2.60. The predicted molar refractivity (Wildman–Crippen MR) is 58.1 cm³/mol. The maximum absolute atomic E-state index is 11.7. The fourth-order valence-electron chi connectivity index (χ4n) is 2.08. The first-order chi connectivity index (χ1) is 6.70. The molecular weight excluding hydrogens is 242 g/mol. The van der Waals surface area contributed by atoms with Gasteiger partial charge in [-0.05, 0) is 43.0 Å². The van der Waals surface area contributed by atoms with Gasteiger partial charge in [0.2, 0.25) is 5.91 Å². The van der Waals surface area contributed by atoms with Gasteiger partial charge < -0.3 is 5.32 Å². The van der Waals surface area contributed by atoms with Crippen molar-refractivity contribution >= 4 is 27.5 Å². The van der Waals surface area contributed by atoms with Crippen LogP contribution in [0.5, 0.6) is 0 Å². The predicted octanol–water partition coefficient (Wildman–Crippen LogP) is 2.72. The molecule has 1 aromatic rings. The van der Waals surface area contributed by atoms with E-state index in [1.165, 1.54) is 5.56 Å². The lowest BCUT2D eigenvalue weighted by Crippen LogP contribution is -2.31. The molecule has 14 heavy (non-hydrogen) atoms. The molecule has 3 rings (SSSR count). The maximum atomic E-state index is 11.7. The van der Waals surface area contributed by atoms with Crippen LogP contribution in [0.15, 0.2) is 22.7 Å². The lowest BCUT2D eigenvalue weighted by Gasteiger charge is -2.24. The zero-order valence-corrected chi connectivity index (χ0v) is 9.23. The first kappa shape index (κ1) is 8.48. The average molecular weight is 252 g/mol. The summed E-state index contributed by atoms with van der Waals surface area (Å²) in [6, 6.07) is 6.03. The second-order valence-corrected chi connectivity index (χ2v) is 5.13. The van der Waals surface area contributed by atoms with Gasteiger partial charge in [0.25, 0.3) is 0 Å². The fraction of sp³-hybridized carbons (Fsp3) is 0.364. The summed E-state index contributed by atoms with van der Waals surface area (Å²) in [5, 5.41) is 2.98. The molecule has 1 aliphatic heterocycles. The van der Waals surface area contributed by atoms with Crippen molar-refractivity contribution in [1.82, 2.24) is 0 Å². The van der Waals surface area contributed by atoms with Crippen LogP contribution in [0, 0.1) is 5.41 Å². The zero-order chi connectivity index (χ0) is 9.76. The van der Waals surface area contributed by atoms with Gasteiger partial charge in [-0.2, -0.15) is 0 Å². The minimum absolute atomic E-state index is 0.0478. The van der Waals surface area contributed by atoms with Gasteiger partial charge in [0.05, 0.1) is 5.41 Å². The molecule has 0 unspecified atom stereocenters. The Bertz CT molecular complexity index is 423. The standard InChI is InChI=1S/C11H10BrNO/c12-8-1-2-9-7(5-8)6-11(3-4-11)10(14)13-9/h1-2,5H,3-4,6H2,(H,13,14). The van der Waals surface area contributed by atoms with Crippen molar-refractivity contribution in [3.63, 3.8) is 0 Å². The van der Waals surface area contributed by atoms with Crippen LogP contribution in [0.1, 0.15) is 18.4 Å². The average Bonchev–Trinajstić information content (AvgIpc) is 2.89. The summed E-state index contributed by atoms with van der Waals surface area (Å²) in [5.41, 5.74) is 2.19. The molecule has 1 saturated carbocycles. The third-order valence-electron chi connectivity index (χ3n) is 3.18. The molecular formula is C11H10BrNO. The largest absolute Gasteiger partial charge is 0.325 e. The first-order valence-corrected chi connectivity index (χ1v) is 5.59. The first-order valence-electron chi connectivity index (χ1n) is 4.80. The van der Waals surface area contributed by atoms with Crippen molar-refractivity contribution in [3.8, 4) is 0 Å². The van der Waals surface area contributed by atoms with E-state index in [1.54, 1.807) is 0 Å². The molecule has 0 aromatic heterocycles. The van der Waals surface area contributed by atoms with Crippen LogP contribution in [0.4, 0.5) is 5.69 Å². The van der Waals surface area contributed by atoms with E-state index >= 15 is 0 Å². The summed E-state index contributed by atoms with van der Waals surface area (Å²) < 4.78 is 1.09. The quantitative estimate of drug-likeness (QED) is 0.755. The number of hydrogen-bond donors (Lipinski definition) is 1. The van der Waals surface area contributed by atoms with E-state index in [2.05, 4.69) is 27.3 Å². The number of nitrogens with one attached hydrogen (secondary N) is 1. The van der Waals surface area contributed by atoms with Crippen molar-refractivity contribution in [1.29, 1.82) is 0 Å². The van der Waals surface area contributed by atoms with Gasteiger partial charge in [-0.25, -0.2) is 0 Å². The lowest BCUT2D eigenvalue weighted by molar-refractivity contribution is -0.121. The number of rotatable bonds is 0. The molecule has 1 fully saturated rings. The van der Waals surface area contributed by atoms with Crippen LogP contribution >= 0.6 is 15.9 Å². The Kier molecular flexibility index (Phi) is 1.57. The number of anilines is 1. The van der Waals surface area contributed by atoms with E-state index in [0.29, 0.717) is 0 Å². The van der Waals surface area contributed by atoms with Gasteiger partial charge in [0.15, 0.2) is 0 Å². The molecule has 3 heteroatoms. The third-order valence-corrected chi connectivity index (χ3v) is 3.67. The lowest BCUT2D eigenvalue weighted by atomic mass is 9.91. The van der Waals surface area contributed by atoms with Crippen molar-refractivity contribution in [2.24, 2.45) is 5.41 Å². The highest BCUT2D eigenvalue weighted by Gasteiger charge is 2.51. The van der Waals surface area contributed by atoms with Gasteiger partial charge in [-0.3, -0.25) is 4.79 Å². The Morgan fingerprint density at radius 1 is 1.36 bits per heavy atom. The molecule has 0 saturated heterocycles. The number of halogens is 1. The highest BCUT2D eigenvalue weighted by Crippen LogP contribution is 2.52. The maximum Gasteiger partial charge on any atom is 0.230 e. The Morgan fingerprint density at radius 2 is 2.14 bits per heavy atom. The number of carbonyl (C=O) groups excluding carboxylic acids is 1. The molecule has 1 spiro atoms. The van der Waals surface area contributed by atoms with E-state index in [9.17, 15) is 4.79 Å². The molecule has 1 aliphatic carbocycles. The molecule has 1 N–H and O–H groups in total. The van der Waals surface area contributed by atoms with E-state index in [0.717, 1.165) is 29.4 Å². The zero-order valence-electron chi connectivity index (χ0n) is 7.64. The minimum atomic E-state index is -0.0478. The van der Waals surface area contributed by atoms with Crippen molar-refractivity contribution in [2.75, 3.05) is 5.32 Å². The molecule has 1 heterocycles. The van der Waals surface area contributed by atoms with Crippen molar-refractivity contribution in [2.45, 2.75) is 19.3 Å². The van der Waals surface area contributed by atoms with Crippen LogP contribution in [-0.4, -0.2) is 5.91 Å². The summed E-state index contributed by atoms with van der Waals surface area (Å²) in [7, 11) is 0. The Labute approximate surface area is 90.8 Å². The van der Waals surface area contributed by atoms with E-state index < -0.39 is 0 Å². The highest BCUT2D eigenvalue weighted by molar-refractivity contribution is 9.10. The van der Waals surface area contributed by atoms with Crippen LogP contribution in [0.3, 0.4) is 0 Å². The van der Waals surface area contributed by atoms with Crippen molar-refractivity contribution < 1.29 is 4.79 Å². The van der Waals surface area contributed by atoms with Gasteiger partial charge in [0.1, 0.15) is 0 Å². The Balaban J connectivity index is 2.07. The third kappa shape index (κ3) is 1.12. The monoisotopic (exact) mass is 251 g/mol. The summed E-state index contributed by atoms with van der Waals surface area (Å²) in [6.45, 7) is 0. The smallest absolute Gasteiger partial charge is 0.230 e. The molecule has 2 aliphatic rings. The molecule has 0 atom stereocenters. The van der Waals surface area contributed by atoms with Crippen LogP contribution in [0.25, 0.3) is 0 Å².